The Bertz CT molecular complexity index is 935. The molecule has 3 rings (SSSR count). The molecule has 1 fully saturated rings. The number of hydrogen-bond acceptors (Lipinski definition) is 3. The summed E-state index contributed by atoms with van der Waals surface area (Å²) in [5.41, 5.74) is 1.47. The molecule has 0 aliphatic carbocycles. The van der Waals surface area contributed by atoms with Gasteiger partial charge in [-0.25, -0.2) is 0 Å². The summed E-state index contributed by atoms with van der Waals surface area (Å²) >= 11 is 12.8. The highest BCUT2D eigenvalue weighted by Gasteiger charge is 2.32. The van der Waals surface area contributed by atoms with Crippen LogP contribution in [0.4, 0.5) is 0 Å². The van der Waals surface area contributed by atoms with E-state index in [0.29, 0.717) is 22.0 Å². The quantitative estimate of drug-likeness (QED) is 0.697. The molecule has 1 unspecified atom stereocenters. The van der Waals surface area contributed by atoms with Gasteiger partial charge in [-0.05, 0) is 43.5 Å². The number of benzene rings is 2. The average Bonchev–Trinajstić information content (AvgIpc) is 2.67. The smallest absolute Gasteiger partial charge is 0.234 e. The third-order valence-electron chi connectivity index (χ3n) is 5.24. The van der Waals surface area contributed by atoms with E-state index < -0.39 is 17.2 Å². The number of imide groups is 1. The fraction of sp³-hybridized carbons (Fsp3) is 0.318. The normalized spacial score (nSPS) is 17.0. The Morgan fingerprint density at radius 3 is 2.34 bits per heavy atom. The van der Waals surface area contributed by atoms with E-state index in [2.05, 4.69) is 10.6 Å². The summed E-state index contributed by atoms with van der Waals surface area (Å²) in [5, 5.41) is 5.93. The van der Waals surface area contributed by atoms with Crippen LogP contribution in [0.15, 0.2) is 42.5 Å². The first-order valence-electron chi connectivity index (χ1n) is 9.35. The Morgan fingerprint density at radius 1 is 1.14 bits per heavy atom. The minimum atomic E-state index is -0.693. The van der Waals surface area contributed by atoms with Crippen molar-refractivity contribution in [3.8, 4) is 0 Å². The molecule has 152 valence electrons. The maximum atomic E-state index is 12.7. The fourth-order valence-corrected chi connectivity index (χ4v) is 4.23. The molecule has 5 nitrogen and oxygen atoms in total. The van der Waals surface area contributed by atoms with Crippen LogP contribution in [0, 0.1) is 0 Å². The summed E-state index contributed by atoms with van der Waals surface area (Å²) in [6, 6.07) is 12.9. The number of carbonyl (C=O) groups is 3. The Labute approximate surface area is 179 Å². The Morgan fingerprint density at radius 2 is 1.76 bits per heavy atom. The molecule has 3 amide bonds. The SMILES string of the molecule is CC(C)(C(=O)NCc1cc(Cl)c(C2CCC(=O)NC2=O)c(Cl)c1)c1ccccc1. The zero-order chi connectivity index (χ0) is 21.2. The van der Waals surface area contributed by atoms with E-state index in [4.69, 9.17) is 23.2 Å². The molecule has 0 saturated carbocycles. The molecule has 1 aliphatic heterocycles. The van der Waals surface area contributed by atoms with Crippen LogP contribution in [-0.2, 0) is 26.3 Å². The van der Waals surface area contributed by atoms with Gasteiger partial charge >= 0.3 is 0 Å². The van der Waals surface area contributed by atoms with Crippen LogP contribution in [-0.4, -0.2) is 17.7 Å². The number of carbonyl (C=O) groups excluding carboxylic acids is 3. The number of rotatable bonds is 5. The van der Waals surface area contributed by atoms with E-state index in [1.165, 1.54) is 0 Å². The maximum Gasteiger partial charge on any atom is 0.234 e. The van der Waals surface area contributed by atoms with Gasteiger partial charge in [-0.15, -0.1) is 0 Å². The molecule has 2 aromatic carbocycles. The molecule has 1 aliphatic rings. The van der Waals surface area contributed by atoms with E-state index in [1.54, 1.807) is 12.1 Å². The second kappa shape index (κ2) is 8.56. The number of amides is 3. The standard InChI is InChI=1S/C22H22Cl2N2O3/c1-22(2,14-6-4-3-5-7-14)21(29)25-12-13-10-16(23)19(17(24)11-13)15-8-9-18(27)26-20(15)28/h3-7,10-11,15H,8-9,12H2,1-2H3,(H,25,29)(H,26,27,28). The first kappa shape index (κ1) is 21.3. The first-order chi connectivity index (χ1) is 13.7. The van der Waals surface area contributed by atoms with Gasteiger partial charge in [0.1, 0.15) is 0 Å². The summed E-state index contributed by atoms with van der Waals surface area (Å²) in [6.07, 6.45) is 0.612. The van der Waals surface area contributed by atoms with Gasteiger partial charge in [-0.2, -0.15) is 0 Å². The van der Waals surface area contributed by atoms with Gasteiger partial charge in [-0.1, -0.05) is 53.5 Å². The van der Waals surface area contributed by atoms with Crippen molar-refractivity contribution >= 4 is 40.9 Å². The van der Waals surface area contributed by atoms with Crippen molar-refractivity contribution in [2.24, 2.45) is 0 Å². The third kappa shape index (κ3) is 4.62. The van der Waals surface area contributed by atoms with Crippen molar-refractivity contribution in [2.75, 3.05) is 0 Å². The van der Waals surface area contributed by atoms with E-state index in [9.17, 15) is 14.4 Å². The summed E-state index contributed by atoms with van der Waals surface area (Å²) in [4.78, 5) is 36.3. The van der Waals surface area contributed by atoms with Crippen molar-refractivity contribution in [3.05, 3.63) is 69.2 Å². The molecule has 1 heterocycles. The van der Waals surface area contributed by atoms with Crippen molar-refractivity contribution in [2.45, 2.75) is 44.6 Å². The number of halogens is 2. The number of nitrogens with one attached hydrogen (secondary N) is 2. The van der Waals surface area contributed by atoms with Crippen LogP contribution in [0.2, 0.25) is 10.0 Å². The Hall–Kier alpha value is -2.37. The highest BCUT2D eigenvalue weighted by molar-refractivity contribution is 6.36. The maximum absolute atomic E-state index is 12.7. The van der Waals surface area contributed by atoms with Crippen LogP contribution in [0.5, 0.6) is 0 Å². The monoisotopic (exact) mass is 432 g/mol. The van der Waals surface area contributed by atoms with Gasteiger partial charge in [0.05, 0.1) is 11.3 Å². The van der Waals surface area contributed by atoms with Crippen LogP contribution >= 0.6 is 23.2 Å². The highest BCUT2D eigenvalue weighted by Crippen LogP contribution is 2.37. The molecule has 7 heteroatoms. The predicted octanol–water partition coefficient (Wildman–Crippen LogP) is 4.11. The van der Waals surface area contributed by atoms with Crippen LogP contribution < -0.4 is 10.6 Å². The summed E-state index contributed by atoms with van der Waals surface area (Å²) < 4.78 is 0. The zero-order valence-electron chi connectivity index (χ0n) is 16.2. The molecular formula is C22H22Cl2N2O3. The largest absolute Gasteiger partial charge is 0.351 e. The van der Waals surface area contributed by atoms with Crippen molar-refractivity contribution < 1.29 is 14.4 Å². The molecule has 0 bridgehead atoms. The Kier molecular flexibility index (Phi) is 6.30. The second-order valence-corrected chi connectivity index (χ2v) is 8.46. The lowest BCUT2D eigenvalue weighted by atomic mass is 9.83. The molecule has 2 aromatic rings. The van der Waals surface area contributed by atoms with Crippen molar-refractivity contribution in [3.63, 3.8) is 0 Å². The van der Waals surface area contributed by atoms with E-state index in [-0.39, 0.29) is 24.8 Å². The first-order valence-corrected chi connectivity index (χ1v) is 10.1. The molecule has 29 heavy (non-hydrogen) atoms. The molecular weight excluding hydrogens is 411 g/mol. The van der Waals surface area contributed by atoms with E-state index in [1.807, 2.05) is 44.2 Å². The number of piperidine rings is 1. The van der Waals surface area contributed by atoms with Gasteiger partial charge in [0.15, 0.2) is 0 Å². The molecule has 2 N–H and O–H groups in total. The third-order valence-corrected chi connectivity index (χ3v) is 5.87. The minimum absolute atomic E-state index is 0.120. The van der Waals surface area contributed by atoms with Crippen molar-refractivity contribution in [1.82, 2.24) is 10.6 Å². The lowest BCUT2D eigenvalue weighted by Gasteiger charge is -2.25. The van der Waals surface area contributed by atoms with Crippen LogP contribution in [0.3, 0.4) is 0 Å². The molecule has 0 aromatic heterocycles. The zero-order valence-corrected chi connectivity index (χ0v) is 17.7. The molecule has 1 atom stereocenters. The van der Waals surface area contributed by atoms with Gasteiger partial charge < -0.3 is 5.32 Å². The summed E-state index contributed by atoms with van der Waals surface area (Å²) in [7, 11) is 0. The minimum Gasteiger partial charge on any atom is -0.351 e. The van der Waals surface area contributed by atoms with Gasteiger partial charge in [0, 0.05) is 28.6 Å². The average molecular weight is 433 g/mol. The number of hydrogen-bond donors (Lipinski definition) is 2. The topological polar surface area (TPSA) is 75.3 Å². The Balaban J connectivity index is 1.73. The fourth-order valence-electron chi connectivity index (χ4n) is 3.43. The summed E-state index contributed by atoms with van der Waals surface area (Å²) in [6.45, 7) is 3.98. The van der Waals surface area contributed by atoms with Gasteiger partial charge in [0.2, 0.25) is 17.7 Å². The molecule has 0 spiro atoms. The van der Waals surface area contributed by atoms with Crippen molar-refractivity contribution in [1.29, 1.82) is 0 Å². The van der Waals surface area contributed by atoms with E-state index >= 15 is 0 Å². The van der Waals surface area contributed by atoms with Gasteiger partial charge in [-0.3, -0.25) is 19.7 Å². The summed E-state index contributed by atoms with van der Waals surface area (Å²) in [5.74, 6) is -1.37. The van der Waals surface area contributed by atoms with Gasteiger partial charge in [0.25, 0.3) is 0 Å². The molecule has 1 saturated heterocycles. The van der Waals surface area contributed by atoms with Crippen LogP contribution in [0.1, 0.15) is 49.3 Å². The highest BCUT2D eigenvalue weighted by atomic mass is 35.5. The second-order valence-electron chi connectivity index (χ2n) is 7.65. The predicted molar refractivity (Wildman–Crippen MR) is 113 cm³/mol. The van der Waals surface area contributed by atoms with E-state index in [0.717, 1.165) is 11.1 Å². The lowest BCUT2D eigenvalue weighted by Crippen LogP contribution is -2.40. The molecule has 0 radical (unpaired) electrons. The van der Waals surface area contributed by atoms with Crippen LogP contribution in [0.25, 0.3) is 0 Å². The lowest BCUT2D eigenvalue weighted by molar-refractivity contribution is -0.134.